The lowest BCUT2D eigenvalue weighted by atomic mass is 10.2. The summed E-state index contributed by atoms with van der Waals surface area (Å²) in [6.45, 7) is 0.468. The molecular weight excluding hydrogens is 459 g/mol. The van der Waals surface area contributed by atoms with E-state index >= 15 is 0 Å². The molecule has 2 N–H and O–H groups in total. The monoisotopic (exact) mass is 478 g/mol. The summed E-state index contributed by atoms with van der Waals surface area (Å²) in [7, 11) is -3.98. The van der Waals surface area contributed by atoms with Crippen molar-refractivity contribution in [3.8, 4) is 0 Å². The number of sulfonamides is 1. The highest BCUT2D eigenvalue weighted by Gasteiger charge is 2.17. The molecule has 0 bridgehead atoms. The van der Waals surface area contributed by atoms with E-state index in [1.54, 1.807) is 11.8 Å². The molecule has 1 amide bonds. The highest BCUT2D eigenvalue weighted by molar-refractivity contribution is 7.98. The molecule has 31 heavy (non-hydrogen) atoms. The average Bonchev–Trinajstić information content (AvgIpc) is 2.76. The molecule has 3 rings (SSSR count). The Labute approximate surface area is 190 Å². The predicted molar refractivity (Wildman–Crippen MR) is 124 cm³/mol. The van der Waals surface area contributed by atoms with E-state index in [2.05, 4.69) is 10.0 Å². The molecular formula is C22H20ClFN2O3S2. The van der Waals surface area contributed by atoms with E-state index in [-0.39, 0.29) is 27.1 Å². The predicted octanol–water partition coefficient (Wildman–Crippen LogP) is 4.94. The van der Waals surface area contributed by atoms with Gasteiger partial charge in [0, 0.05) is 23.6 Å². The second-order valence-corrected chi connectivity index (χ2v) is 9.74. The van der Waals surface area contributed by atoms with Crippen LogP contribution in [-0.4, -0.2) is 26.6 Å². The minimum atomic E-state index is -3.98. The average molecular weight is 479 g/mol. The summed E-state index contributed by atoms with van der Waals surface area (Å²) in [6, 6.07) is 18.8. The Hall–Kier alpha value is -2.55. The molecule has 0 aliphatic heterocycles. The Kier molecular flexibility index (Phi) is 7.95. The summed E-state index contributed by atoms with van der Waals surface area (Å²) in [5, 5.41) is 2.95. The van der Waals surface area contributed by atoms with Gasteiger partial charge in [-0.15, -0.1) is 0 Å². The molecule has 9 heteroatoms. The maximum absolute atomic E-state index is 13.1. The molecule has 162 valence electrons. The number of thioether (sulfide) groups is 1. The molecule has 3 aromatic rings. The molecule has 0 heterocycles. The van der Waals surface area contributed by atoms with Gasteiger partial charge in [0.25, 0.3) is 15.9 Å². The van der Waals surface area contributed by atoms with Crippen LogP contribution in [0.5, 0.6) is 0 Å². The van der Waals surface area contributed by atoms with Crippen molar-refractivity contribution in [3.63, 3.8) is 0 Å². The number of carbonyl (C=O) groups is 1. The van der Waals surface area contributed by atoms with Crippen LogP contribution in [-0.2, 0) is 15.8 Å². The highest BCUT2D eigenvalue weighted by Crippen LogP contribution is 2.26. The first kappa shape index (κ1) is 23.1. The minimum Gasteiger partial charge on any atom is -0.351 e. The van der Waals surface area contributed by atoms with E-state index in [1.165, 1.54) is 23.8 Å². The number of anilines is 1. The van der Waals surface area contributed by atoms with Gasteiger partial charge in [-0.05, 0) is 48.0 Å². The van der Waals surface area contributed by atoms with Crippen LogP contribution in [0, 0.1) is 5.82 Å². The minimum absolute atomic E-state index is 0.0668. The van der Waals surface area contributed by atoms with Gasteiger partial charge in [-0.3, -0.25) is 9.52 Å². The van der Waals surface area contributed by atoms with Crippen molar-refractivity contribution in [3.05, 3.63) is 94.8 Å². The molecule has 5 nitrogen and oxygen atoms in total. The maximum atomic E-state index is 13.1. The van der Waals surface area contributed by atoms with Gasteiger partial charge < -0.3 is 5.32 Å². The lowest BCUT2D eigenvalue weighted by Gasteiger charge is -2.12. The van der Waals surface area contributed by atoms with E-state index in [9.17, 15) is 17.6 Å². The first-order valence-electron chi connectivity index (χ1n) is 9.33. The smallest absolute Gasteiger partial charge is 0.261 e. The number of halogens is 2. The Morgan fingerprint density at radius 1 is 1.00 bits per heavy atom. The third-order valence-corrected chi connectivity index (χ3v) is 6.98. The standard InChI is InChI=1S/C22H20ClFN2O3S2/c23-20-11-6-17(22(27)25-12-13-30-15-16-4-2-1-3-5-16)14-21(20)26-31(28,29)19-9-7-18(24)8-10-19/h1-11,14,26H,12-13,15H2,(H,25,27). The van der Waals surface area contributed by atoms with Gasteiger partial charge in [0.15, 0.2) is 0 Å². The van der Waals surface area contributed by atoms with Crippen LogP contribution in [0.25, 0.3) is 0 Å². The van der Waals surface area contributed by atoms with Crippen LogP contribution in [0.2, 0.25) is 5.02 Å². The largest absolute Gasteiger partial charge is 0.351 e. The molecule has 0 radical (unpaired) electrons. The van der Waals surface area contributed by atoms with Crippen LogP contribution in [0.3, 0.4) is 0 Å². The quantitative estimate of drug-likeness (QED) is 0.427. The van der Waals surface area contributed by atoms with Gasteiger partial charge in [0.2, 0.25) is 0 Å². The molecule has 0 saturated heterocycles. The van der Waals surface area contributed by atoms with Gasteiger partial charge in [-0.1, -0.05) is 41.9 Å². The van der Waals surface area contributed by atoms with E-state index in [0.29, 0.717) is 6.54 Å². The third-order valence-electron chi connectivity index (χ3n) is 4.24. The van der Waals surface area contributed by atoms with Gasteiger partial charge in [0.05, 0.1) is 15.6 Å². The van der Waals surface area contributed by atoms with Crippen LogP contribution in [0.1, 0.15) is 15.9 Å². The fraction of sp³-hybridized carbons (Fsp3) is 0.136. The summed E-state index contributed by atoms with van der Waals surface area (Å²) < 4.78 is 40.4. The molecule has 0 aromatic heterocycles. The first-order chi connectivity index (χ1) is 14.8. The maximum Gasteiger partial charge on any atom is 0.261 e. The number of hydrogen-bond acceptors (Lipinski definition) is 4. The fourth-order valence-corrected chi connectivity index (χ4v) is 4.78. The molecule has 0 unspecified atom stereocenters. The molecule has 3 aromatic carbocycles. The zero-order valence-electron chi connectivity index (χ0n) is 16.3. The number of nitrogens with one attached hydrogen (secondary N) is 2. The molecule has 0 aliphatic rings. The zero-order chi connectivity index (χ0) is 22.3. The van der Waals surface area contributed by atoms with Gasteiger partial charge in [0.1, 0.15) is 5.82 Å². The Balaban J connectivity index is 1.58. The van der Waals surface area contributed by atoms with E-state index in [4.69, 9.17) is 11.6 Å². The van der Waals surface area contributed by atoms with E-state index in [0.717, 1.165) is 35.8 Å². The third kappa shape index (κ3) is 6.72. The number of hydrogen-bond donors (Lipinski definition) is 2. The number of benzene rings is 3. The van der Waals surface area contributed by atoms with Gasteiger partial charge in [-0.2, -0.15) is 11.8 Å². The van der Waals surface area contributed by atoms with Crippen LogP contribution >= 0.6 is 23.4 Å². The molecule has 0 spiro atoms. The van der Waals surface area contributed by atoms with Crippen molar-refractivity contribution in [1.82, 2.24) is 5.32 Å². The van der Waals surface area contributed by atoms with Gasteiger partial charge >= 0.3 is 0 Å². The Bertz CT molecular complexity index is 1140. The second-order valence-electron chi connectivity index (χ2n) is 6.55. The molecule has 0 fully saturated rings. The van der Waals surface area contributed by atoms with Crippen LogP contribution < -0.4 is 10.0 Å². The summed E-state index contributed by atoms with van der Waals surface area (Å²) in [6.07, 6.45) is 0. The van der Waals surface area contributed by atoms with Crippen molar-refractivity contribution in [2.45, 2.75) is 10.6 Å². The molecule has 0 aliphatic carbocycles. The molecule has 0 saturated carbocycles. The lowest BCUT2D eigenvalue weighted by Crippen LogP contribution is -2.26. The SMILES string of the molecule is O=C(NCCSCc1ccccc1)c1ccc(Cl)c(NS(=O)(=O)c2ccc(F)cc2)c1. The summed E-state index contributed by atoms with van der Waals surface area (Å²) in [5.41, 5.74) is 1.56. The zero-order valence-corrected chi connectivity index (χ0v) is 18.7. The Morgan fingerprint density at radius 2 is 1.71 bits per heavy atom. The summed E-state index contributed by atoms with van der Waals surface area (Å²) >= 11 is 7.80. The second kappa shape index (κ2) is 10.7. The number of amides is 1. The van der Waals surface area contributed by atoms with E-state index < -0.39 is 15.8 Å². The first-order valence-corrected chi connectivity index (χ1v) is 12.3. The number of carbonyl (C=O) groups excluding carboxylic acids is 1. The van der Waals surface area contributed by atoms with Crippen molar-refractivity contribution in [1.29, 1.82) is 0 Å². The Morgan fingerprint density at radius 3 is 2.42 bits per heavy atom. The highest BCUT2D eigenvalue weighted by atomic mass is 35.5. The van der Waals surface area contributed by atoms with Crippen LogP contribution in [0.15, 0.2) is 77.7 Å². The summed E-state index contributed by atoms with van der Waals surface area (Å²) in [4.78, 5) is 12.3. The summed E-state index contributed by atoms with van der Waals surface area (Å²) in [5.74, 6) is 0.711. The lowest BCUT2D eigenvalue weighted by molar-refractivity contribution is 0.0956. The van der Waals surface area contributed by atoms with E-state index in [1.807, 2.05) is 30.3 Å². The van der Waals surface area contributed by atoms with Crippen LogP contribution in [0.4, 0.5) is 10.1 Å². The normalized spacial score (nSPS) is 11.2. The van der Waals surface area contributed by atoms with Crippen molar-refractivity contribution in [2.75, 3.05) is 17.0 Å². The van der Waals surface area contributed by atoms with Gasteiger partial charge in [-0.25, -0.2) is 12.8 Å². The van der Waals surface area contributed by atoms with Crippen molar-refractivity contribution >= 4 is 45.0 Å². The molecule has 0 atom stereocenters. The number of rotatable bonds is 9. The van der Waals surface area contributed by atoms with Crippen molar-refractivity contribution < 1.29 is 17.6 Å². The topological polar surface area (TPSA) is 75.3 Å². The van der Waals surface area contributed by atoms with Crippen molar-refractivity contribution in [2.24, 2.45) is 0 Å². The fourth-order valence-electron chi connectivity index (χ4n) is 2.67.